The summed E-state index contributed by atoms with van der Waals surface area (Å²) < 4.78 is 59.7. The van der Waals surface area contributed by atoms with Crippen LogP contribution in [0, 0.1) is 10.8 Å². The number of benzene rings is 1. The van der Waals surface area contributed by atoms with Gasteiger partial charge in [-0.05, 0) is 98.1 Å². The summed E-state index contributed by atoms with van der Waals surface area (Å²) in [6.07, 6.45) is 11.0. The van der Waals surface area contributed by atoms with E-state index in [0.717, 1.165) is 62.5 Å². The molecule has 206 valence electrons. The van der Waals surface area contributed by atoms with Crippen LogP contribution >= 0.6 is 0 Å². The first-order valence-electron chi connectivity index (χ1n) is 13.5. The number of furan rings is 1. The van der Waals surface area contributed by atoms with Crippen molar-refractivity contribution in [2.75, 3.05) is 35.5 Å². The maximum atomic E-state index is 13.8. The molecule has 1 aromatic carbocycles. The molecule has 11 heteroatoms. The zero-order valence-electron chi connectivity index (χ0n) is 21.5. The summed E-state index contributed by atoms with van der Waals surface area (Å²) in [5.74, 6) is -0.377. The lowest BCUT2D eigenvalue weighted by Gasteiger charge is -2.54. The van der Waals surface area contributed by atoms with Crippen molar-refractivity contribution in [1.82, 2.24) is 4.31 Å². The third-order valence-corrected chi connectivity index (χ3v) is 12.2. The number of carbonyl (C=O) groups excluding carboxylic acids is 1. The Balaban J connectivity index is 0.00000277. The van der Waals surface area contributed by atoms with Crippen molar-refractivity contribution in [1.29, 1.82) is 0 Å². The number of nitrogens with one attached hydrogen (secondary N) is 1. The lowest BCUT2D eigenvalue weighted by atomic mass is 9.65. The first-order chi connectivity index (χ1) is 17.9. The highest BCUT2D eigenvalue weighted by molar-refractivity contribution is 7.92. The van der Waals surface area contributed by atoms with Crippen molar-refractivity contribution in [3.8, 4) is 0 Å². The number of rotatable bonds is 5. The Morgan fingerprint density at radius 2 is 1.58 bits per heavy atom. The molecule has 0 atom stereocenters. The van der Waals surface area contributed by atoms with Crippen LogP contribution in [0.15, 0.2) is 39.8 Å². The summed E-state index contributed by atoms with van der Waals surface area (Å²) in [6, 6.07) is 8.17. The van der Waals surface area contributed by atoms with Gasteiger partial charge in [0.25, 0.3) is 15.9 Å². The van der Waals surface area contributed by atoms with Crippen LogP contribution in [0.2, 0.25) is 0 Å². The van der Waals surface area contributed by atoms with E-state index in [0.29, 0.717) is 30.7 Å². The van der Waals surface area contributed by atoms with Crippen LogP contribution in [-0.4, -0.2) is 52.9 Å². The van der Waals surface area contributed by atoms with Gasteiger partial charge in [0.1, 0.15) is 0 Å². The van der Waals surface area contributed by atoms with Crippen LogP contribution in [-0.2, 0) is 25.5 Å². The number of hydrogen-bond acceptors (Lipinski definition) is 6. The molecule has 2 aliphatic heterocycles. The molecule has 1 amide bonds. The molecule has 3 heterocycles. The van der Waals surface area contributed by atoms with E-state index in [1.807, 2.05) is 6.07 Å². The van der Waals surface area contributed by atoms with Gasteiger partial charge < -0.3 is 9.32 Å². The number of hydrogen-bond donors (Lipinski definition) is 1. The van der Waals surface area contributed by atoms with E-state index in [1.54, 1.807) is 17.0 Å². The molecule has 4 fully saturated rings. The number of anilines is 2. The zero-order chi connectivity index (χ0) is 26.6. The second-order valence-electron chi connectivity index (χ2n) is 12.5. The topological polar surface area (TPSA) is 117 Å². The molecule has 2 aromatic rings. The molecule has 38 heavy (non-hydrogen) atoms. The molecule has 0 bridgehead atoms. The summed E-state index contributed by atoms with van der Waals surface area (Å²) in [5, 5.41) is -0.190. The molecule has 1 aromatic heterocycles. The van der Waals surface area contributed by atoms with Crippen molar-refractivity contribution >= 4 is 37.3 Å². The monoisotopic (exact) mass is 561 g/mol. The normalized spacial score (nSPS) is 24.7. The van der Waals surface area contributed by atoms with Gasteiger partial charge in [0.2, 0.25) is 15.1 Å². The highest BCUT2D eigenvalue weighted by atomic mass is 32.2. The van der Waals surface area contributed by atoms with Gasteiger partial charge in [-0.25, -0.2) is 16.8 Å². The van der Waals surface area contributed by atoms with Gasteiger partial charge >= 0.3 is 0 Å². The molecule has 3 spiro atoms. The van der Waals surface area contributed by atoms with Gasteiger partial charge in [0, 0.05) is 37.9 Å². The molecule has 0 radical (unpaired) electrons. The summed E-state index contributed by atoms with van der Waals surface area (Å²) in [6.45, 7) is 1.51. The molecule has 3 saturated carbocycles. The molecular weight excluding hydrogens is 526 g/mol. The van der Waals surface area contributed by atoms with E-state index in [4.69, 9.17) is 4.42 Å². The summed E-state index contributed by atoms with van der Waals surface area (Å²) in [5.41, 5.74) is 2.53. The molecule has 3 aliphatic carbocycles. The maximum Gasteiger partial charge on any atom is 0.294 e. The number of fused-ring (bicyclic) bond motifs is 2. The fourth-order valence-electron chi connectivity index (χ4n) is 7.19. The SMILES string of the molecule is CS(=O)(=O)Nc1ccc2c(c1)C1(CCC3(CC3)CC1)CN2C(=O)c1ccc(S(=O)(=O)N2CC3(CCC3)C2)o1.[HH]. The predicted molar refractivity (Wildman–Crippen MR) is 144 cm³/mol. The van der Waals surface area contributed by atoms with Gasteiger partial charge in [0.05, 0.1) is 6.26 Å². The fraction of sp³-hybridized carbons (Fsp3) is 0.593. The molecule has 1 N–H and O–H groups in total. The second-order valence-corrected chi connectivity index (χ2v) is 16.1. The van der Waals surface area contributed by atoms with E-state index in [-0.39, 0.29) is 29.0 Å². The van der Waals surface area contributed by atoms with Crippen LogP contribution in [0.4, 0.5) is 11.4 Å². The average Bonchev–Trinajstić information content (AvgIpc) is 3.23. The third kappa shape index (κ3) is 3.83. The summed E-state index contributed by atoms with van der Waals surface area (Å²) in [4.78, 5) is 15.4. The van der Waals surface area contributed by atoms with E-state index >= 15 is 0 Å². The first-order valence-corrected chi connectivity index (χ1v) is 16.8. The standard InChI is InChI=1S/C27H33N3O6S2.H2/c1-37(32,33)28-19-3-4-21-20(15-19)27(13-11-25(9-10-25)12-14-27)18-30(21)24(31)22-5-6-23(36-22)38(34,35)29-16-26(17-29)7-2-8-26;/h3-6,15,28H,2,7-14,16-18H2,1H3;1H. The van der Waals surface area contributed by atoms with Crippen LogP contribution in [0.25, 0.3) is 0 Å². The van der Waals surface area contributed by atoms with E-state index in [1.165, 1.54) is 29.3 Å². The van der Waals surface area contributed by atoms with Gasteiger partial charge in [0.15, 0.2) is 5.76 Å². The van der Waals surface area contributed by atoms with Gasteiger partial charge in [-0.2, -0.15) is 4.31 Å². The van der Waals surface area contributed by atoms with Crippen molar-refractivity contribution in [3.05, 3.63) is 41.7 Å². The Labute approximate surface area is 225 Å². The Morgan fingerprint density at radius 1 is 0.895 bits per heavy atom. The first kappa shape index (κ1) is 24.7. The van der Waals surface area contributed by atoms with Crippen molar-refractivity contribution in [2.24, 2.45) is 10.8 Å². The summed E-state index contributed by atoms with van der Waals surface area (Å²) >= 11 is 0. The number of amides is 1. The Morgan fingerprint density at radius 3 is 2.18 bits per heavy atom. The van der Waals surface area contributed by atoms with Gasteiger partial charge in [-0.1, -0.05) is 6.42 Å². The highest BCUT2D eigenvalue weighted by Gasteiger charge is 2.54. The van der Waals surface area contributed by atoms with Crippen molar-refractivity contribution < 1.29 is 27.5 Å². The third-order valence-electron chi connectivity index (χ3n) is 9.92. The Bertz CT molecular complexity index is 1540. The lowest BCUT2D eigenvalue weighted by molar-refractivity contribution is -0.00871. The van der Waals surface area contributed by atoms with Crippen molar-refractivity contribution in [3.63, 3.8) is 0 Å². The molecular formula is C27H35N3O6S2. The second kappa shape index (κ2) is 7.85. The zero-order valence-corrected chi connectivity index (χ0v) is 23.2. The molecule has 5 aliphatic rings. The molecule has 1 saturated heterocycles. The largest absolute Gasteiger partial charge is 0.438 e. The van der Waals surface area contributed by atoms with E-state index in [9.17, 15) is 21.6 Å². The minimum Gasteiger partial charge on any atom is -0.438 e. The van der Waals surface area contributed by atoms with Crippen LogP contribution in [0.5, 0.6) is 0 Å². The number of nitrogens with zero attached hydrogens (tertiary/aromatic N) is 2. The molecule has 0 unspecified atom stereocenters. The van der Waals surface area contributed by atoms with Crippen LogP contribution < -0.4 is 9.62 Å². The van der Waals surface area contributed by atoms with Gasteiger partial charge in [-0.15, -0.1) is 0 Å². The molecule has 7 rings (SSSR count). The van der Waals surface area contributed by atoms with E-state index in [2.05, 4.69) is 4.72 Å². The Hall–Kier alpha value is -2.37. The fourth-order valence-corrected chi connectivity index (χ4v) is 9.32. The van der Waals surface area contributed by atoms with Crippen LogP contribution in [0.3, 0.4) is 0 Å². The lowest BCUT2D eigenvalue weighted by Crippen LogP contribution is -2.61. The average molecular weight is 562 g/mol. The molecule has 9 nitrogen and oxygen atoms in total. The predicted octanol–water partition coefficient (Wildman–Crippen LogP) is 4.32. The van der Waals surface area contributed by atoms with Gasteiger partial charge in [-0.3, -0.25) is 9.52 Å². The number of sulfonamides is 2. The van der Waals surface area contributed by atoms with Crippen molar-refractivity contribution in [2.45, 2.75) is 68.3 Å². The number of carbonyl (C=O) groups is 1. The minimum absolute atomic E-state index is 0. The van der Waals surface area contributed by atoms with Crippen LogP contribution in [0.1, 0.15) is 75.3 Å². The quantitative estimate of drug-likeness (QED) is 0.581. The Kier molecular flexibility index (Phi) is 5.09. The smallest absolute Gasteiger partial charge is 0.294 e. The summed E-state index contributed by atoms with van der Waals surface area (Å²) in [7, 11) is -7.22. The highest BCUT2D eigenvalue weighted by Crippen LogP contribution is 2.62. The van der Waals surface area contributed by atoms with E-state index < -0.39 is 20.0 Å². The minimum atomic E-state index is -3.77. The maximum absolute atomic E-state index is 13.8.